The molecule has 2 rings (SSSR count). The van der Waals surface area contributed by atoms with Gasteiger partial charge in [-0.25, -0.2) is 0 Å². The summed E-state index contributed by atoms with van der Waals surface area (Å²) >= 11 is 0. The lowest BCUT2D eigenvalue weighted by Crippen LogP contribution is -2.39. The highest BCUT2D eigenvalue weighted by atomic mass is 15.2. The van der Waals surface area contributed by atoms with E-state index in [1.807, 2.05) is 13.0 Å². The number of hydrogen-bond donors (Lipinski definition) is 2. The van der Waals surface area contributed by atoms with E-state index >= 15 is 0 Å². The summed E-state index contributed by atoms with van der Waals surface area (Å²) in [5, 5.41) is 7.72. The number of benzene rings is 1. The predicted octanol–water partition coefficient (Wildman–Crippen LogP) is 2.66. The molecule has 0 radical (unpaired) electrons. The highest BCUT2D eigenvalue weighted by molar-refractivity contribution is 6.00. The highest BCUT2D eigenvalue weighted by Crippen LogP contribution is 2.35. The molecule has 1 fully saturated rings. The van der Waals surface area contributed by atoms with E-state index in [-0.39, 0.29) is 11.4 Å². The molecule has 1 saturated heterocycles. The number of nitrogens with one attached hydrogen (secondary N) is 1. The van der Waals surface area contributed by atoms with Crippen LogP contribution in [0, 0.1) is 12.3 Å². The van der Waals surface area contributed by atoms with Crippen LogP contribution in [0.1, 0.15) is 37.8 Å². The maximum absolute atomic E-state index is 7.72. The average Bonchev–Trinajstić information content (AvgIpc) is 2.58. The molecular formula is C14H21N3. The number of anilines is 1. The Hall–Kier alpha value is -1.51. The minimum Gasteiger partial charge on any atom is -0.384 e. The molecule has 1 aromatic rings. The first kappa shape index (κ1) is 12.0. The van der Waals surface area contributed by atoms with Gasteiger partial charge >= 0.3 is 0 Å². The van der Waals surface area contributed by atoms with Crippen molar-refractivity contribution in [3.63, 3.8) is 0 Å². The molecule has 0 saturated carbocycles. The molecule has 1 aliphatic rings. The first-order chi connectivity index (χ1) is 7.92. The molecule has 0 atom stereocenters. The molecule has 1 heterocycles. The second-order valence-electron chi connectivity index (χ2n) is 5.50. The number of rotatable bonds is 2. The Kier molecular flexibility index (Phi) is 2.86. The average molecular weight is 231 g/mol. The van der Waals surface area contributed by atoms with Crippen LogP contribution >= 0.6 is 0 Å². The molecule has 0 spiro atoms. The lowest BCUT2D eigenvalue weighted by atomic mass is 9.99. The van der Waals surface area contributed by atoms with Gasteiger partial charge in [-0.15, -0.1) is 0 Å². The Labute approximate surface area is 103 Å². The number of hydrogen-bond acceptors (Lipinski definition) is 2. The minimum atomic E-state index is 0.159. The van der Waals surface area contributed by atoms with Crippen molar-refractivity contribution in [2.75, 3.05) is 11.4 Å². The monoisotopic (exact) mass is 231 g/mol. The van der Waals surface area contributed by atoms with E-state index in [0.29, 0.717) is 0 Å². The van der Waals surface area contributed by atoms with Crippen molar-refractivity contribution in [2.24, 2.45) is 5.73 Å². The van der Waals surface area contributed by atoms with Crippen molar-refractivity contribution in [1.82, 2.24) is 0 Å². The van der Waals surface area contributed by atoms with Gasteiger partial charge in [0, 0.05) is 23.3 Å². The Morgan fingerprint density at radius 2 is 2.12 bits per heavy atom. The third-order valence-corrected chi connectivity index (χ3v) is 3.63. The van der Waals surface area contributed by atoms with E-state index in [9.17, 15) is 0 Å². The van der Waals surface area contributed by atoms with Crippen molar-refractivity contribution in [1.29, 1.82) is 5.41 Å². The SMILES string of the molecule is Cc1ccc(N2CCCC2(C)C)c(C(=N)N)c1. The normalized spacial score (nSPS) is 18.4. The molecule has 3 nitrogen and oxygen atoms in total. The summed E-state index contributed by atoms with van der Waals surface area (Å²) in [6, 6.07) is 6.20. The Morgan fingerprint density at radius 3 is 2.65 bits per heavy atom. The standard InChI is InChI=1S/C14H21N3/c1-10-5-6-12(11(9-10)13(15)16)17-8-4-7-14(17,2)3/h5-6,9H,4,7-8H2,1-3H3,(H3,15,16). The lowest BCUT2D eigenvalue weighted by molar-refractivity contribution is 0.518. The van der Waals surface area contributed by atoms with Crippen LogP contribution in [0.15, 0.2) is 18.2 Å². The van der Waals surface area contributed by atoms with Crippen LogP contribution in [-0.2, 0) is 0 Å². The van der Waals surface area contributed by atoms with Gasteiger partial charge in [0.15, 0.2) is 0 Å². The van der Waals surface area contributed by atoms with E-state index in [1.165, 1.54) is 12.8 Å². The lowest BCUT2D eigenvalue weighted by Gasteiger charge is -2.35. The molecule has 0 unspecified atom stereocenters. The smallest absolute Gasteiger partial charge is 0.124 e. The zero-order chi connectivity index (χ0) is 12.6. The second-order valence-corrected chi connectivity index (χ2v) is 5.50. The van der Waals surface area contributed by atoms with Gasteiger partial charge in [0.1, 0.15) is 5.84 Å². The molecule has 0 bridgehead atoms. The molecule has 0 amide bonds. The van der Waals surface area contributed by atoms with Gasteiger partial charge < -0.3 is 10.6 Å². The topological polar surface area (TPSA) is 53.1 Å². The van der Waals surface area contributed by atoms with Crippen LogP contribution in [0.2, 0.25) is 0 Å². The van der Waals surface area contributed by atoms with Crippen molar-refractivity contribution in [3.05, 3.63) is 29.3 Å². The third-order valence-electron chi connectivity index (χ3n) is 3.63. The van der Waals surface area contributed by atoms with Gasteiger partial charge in [-0.05, 0) is 45.7 Å². The number of nitrogens with two attached hydrogens (primary N) is 1. The van der Waals surface area contributed by atoms with Crippen LogP contribution in [0.4, 0.5) is 5.69 Å². The highest BCUT2D eigenvalue weighted by Gasteiger charge is 2.33. The Morgan fingerprint density at radius 1 is 1.41 bits per heavy atom. The van der Waals surface area contributed by atoms with Crippen LogP contribution in [0.5, 0.6) is 0 Å². The predicted molar refractivity (Wildman–Crippen MR) is 72.9 cm³/mol. The quantitative estimate of drug-likeness (QED) is 0.607. The zero-order valence-corrected chi connectivity index (χ0v) is 10.9. The third kappa shape index (κ3) is 2.14. The molecule has 3 N–H and O–H groups in total. The van der Waals surface area contributed by atoms with E-state index in [1.54, 1.807) is 0 Å². The van der Waals surface area contributed by atoms with E-state index < -0.39 is 0 Å². The van der Waals surface area contributed by atoms with E-state index in [4.69, 9.17) is 11.1 Å². The number of aryl methyl sites for hydroxylation is 1. The largest absolute Gasteiger partial charge is 0.384 e. The van der Waals surface area contributed by atoms with Gasteiger partial charge in [0.25, 0.3) is 0 Å². The Bertz CT molecular complexity index is 449. The molecule has 0 aromatic heterocycles. The molecule has 0 aliphatic carbocycles. The summed E-state index contributed by atoms with van der Waals surface area (Å²) in [7, 11) is 0. The summed E-state index contributed by atoms with van der Waals surface area (Å²) in [5.41, 5.74) is 8.97. The molecule has 1 aliphatic heterocycles. The second kappa shape index (κ2) is 4.06. The van der Waals surface area contributed by atoms with Gasteiger partial charge in [-0.3, -0.25) is 5.41 Å². The molecule has 17 heavy (non-hydrogen) atoms. The van der Waals surface area contributed by atoms with Crippen molar-refractivity contribution >= 4 is 11.5 Å². The van der Waals surface area contributed by atoms with E-state index in [0.717, 1.165) is 23.4 Å². The first-order valence-electron chi connectivity index (χ1n) is 6.14. The van der Waals surface area contributed by atoms with Crippen molar-refractivity contribution in [3.8, 4) is 0 Å². The van der Waals surface area contributed by atoms with Crippen molar-refractivity contribution in [2.45, 2.75) is 39.2 Å². The van der Waals surface area contributed by atoms with Crippen LogP contribution < -0.4 is 10.6 Å². The fourth-order valence-corrected chi connectivity index (χ4v) is 2.65. The number of nitrogen functional groups attached to an aromatic ring is 1. The molecule has 1 aromatic carbocycles. The fourth-order valence-electron chi connectivity index (χ4n) is 2.65. The fraction of sp³-hybridized carbons (Fsp3) is 0.500. The molecular weight excluding hydrogens is 210 g/mol. The number of nitrogens with zero attached hydrogens (tertiary/aromatic N) is 1. The van der Waals surface area contributed by atoms with Gasteiger partial charge in [-0.2, -0.15) is 0 Å². The number of amidine groups is 1. The van der Waals surface area contributed by atoms with Crippen LogP contribution in [0.25, 0.3) is 0 Å². The van der Waals surface area contributed by atoms with Crippen LogP contribution in [0.3, 0.4) is 0 Å². The van der Waals surface area contributed by atoms with Gasteiger partial charge in [0.2, 0.25) is 0 Å². The zero-order valence-electron chi connectivity index (χ0n) is 10.9. The maximum Gasteiger partial charge on any atom is 0.124 e. The minimum absolute atomic E-state index is 0.159. The maximum atomic E-state index is 7.72. The van der Waals surface area contributed by atoms with E-state index in [2.05, 4.69) is 30.9 Å². The summed E-state index contributed by atoms with van der Waals surface area (Å²) in [6.45, 7) is 7.59. The summed E-state index contributed by atoms with van der Waals surface area (Å²) < 4.78 is 0. The van der Waals surface area contributed by atoms with Crippen molar-refractivity contribution < 1.29 is 0 Å². The molecule has 92 valence electrons. The first-order valence-corrected chi connectivity index (χ1v) is 6.14. The van der Waals surface area contributed by atoms with Crippen LogP contribution in [-0.4, -0.2) is 17.9 Å². The van der Waals surface area contributed by atoms with Gasteiger partial charge in [0.05, 0.1) is 0 Å². The Balaban J connectivity index is 2.48. The van der Waals surface area contributed by atoms with Gasteiger partial charge in [-0.1, -0.05) is 11.6 Å². The summed E-state index contributed by atoms with van der Waals surface area (Å²) in [4.78, 5) is 2.38. The molecule has 3 heteroatoms. The summed E-state index contributed by atoms with van der Waals surface area (Å²) in [6.07, 6.45) is 2.40. The summed E-state index contributed by atoms with van der Waals surface area (Å²) in [5.74, 6) is 0.159.